The lowest BCUT2D eigenvalue weighted by molar-refractivity contribution is -0.134. The highest BCUT2D eigenvalue weighted by molar-refractivity contribution is 6.74. The lowest BCUT2D eigenvalue weighted by Crippen LogP contribution is -2.65. The van der Waals surface area contributed by atoms with E-state index in [4.69, 9.17) is 18.3 Å². The van der Waals surface area contributed by atoms with E-state index in [1.165, 1.54) is 0 Å². The van der Waals surface area contributed by atoms with E-state index in [0.717, 1.165) is 62.7 Å². The van der Waals surface area contributed by atoms with E-state index in [1.54, 1.807) is 27.9 Å². The number of unbranched alkanes of at least 4 members (excludes halogenated alkanes) is 2. The van der Waals surface area contributed by atoms with Gasteiger partial charge in [0.1, 0.15) is 23.6 Å². The number of methoxy groups -OCH3 is 1. The molecule has 1 aliphatic rings. The Hall–Kier alpha value is -2.19. The molecule has 0 heterocycles. The third-order valence-corrected chi connectivity index (χ3v) is 20.3. The van der Waals surface area contributed by atoms with Crippen LogP contribution in [0.5, 0.6) is 5.75 Å². The zero-order valence-corrected chi connectivity index (χ0v) is 38.0. The maximum atomic E-state index is 14.4. The van der Waals surface area contributed by atoms with Crippen LogP contribution in [0.15, 0.2) is 30.3 Å². The Labute approximate surface area is 325 Å². The van der Waals surface area contributed by atoms with Crippen molar-refractivity contribution in [2.45, 2.75) is 193 Å². The Morgan fingerprint density at radius 1 is 0.887 bits per heavy atom. The van der Waals surface area contributed by atoms with Gasteiger partial charge in [-0.3, -0.25) is 4.79 Å². The van der Waals surface area contributed by atoms with E-state index in [-0.39, 0.29) is 27.9 Å². The molecule has 2 rings (SSSR count). The van der Waals surface area contributed by atoms with Crippen LogP contribution in [0.25, 0.3) is 6.08 Å². The largest absolute Gasteiger partial charge is 0.497 e. The van der Waals surface area contributed by atoms with Gasteiger partial charge in [0, 0.05) is 6.04 Å². The number of amides is 2. The fourth-order valence-electron chi connectivity index (χ4n) is 5.99. The van der Waals surface area contributed by atoms with E-state index < -0.39 is 52.7 Å². The molecule has 0 aliphatic heterocycles. The molecule has 0 bridgehead atoms. The first-order valence-corrected chi connectivity index (χ1v) is 25.7. The molecule has 0 spiro atoms. The second kappa shape index (κ2) is 19.6. The number of rotatable bonds is 18. The van der Waals surface area contributed by atoms with Crippen molar-refractivity contribution in [3.8, 4) is 5.75 Å². The predicted octanol–water partition coefficient (Wildman–Crippen LogP) is 10.00. The molecule has 3 N–H and O–H groups in total. The topological polar surface area (TPSA) is 115 Å². The first-order valence-electron chi connectivity index (χ1n) is 19.9. The van der Waals surface area contributed by atoms with Gasteiger partial charge in [0.15, 0.2) is 16.6 Å². The molecule has 1 aromatic rings. The van der Waals surface area contributed by atoms with Crippen LogP contribution in [0.2, 0.25) is 36.3 Å². The summed E-state index contributed by atoms with van der Waals surface area (Å²) < 4.78 is 25.0. The second-order valence-electron chi connectivity index (χ2n) is 19.2. The summed E-state index contributed by atoms with van der Waals surface area (Å²) in [5.41, 5.74) is 0.341. The second-order valence-corrected chi connectivity index (χ2v) is 28.7. The molecule has 304 valence electrons. The molecule has 2 amide bonds. The Morgan fingerprint density at radius 2 is 1.43 bits per heavy atom. The summed E-state index contributed by atoms with van der Waals surface area (Å²) in [5, 5.41) is 18.5. The Bertz CT molecular complexity index is 1310. The summed E-state index contributed by atoms with van der Waals surface area (Å²) in [7, 11) is -3.38. The van der Waals surface area contributed by atoms with Gasteiger partial charge in [0.2, 0.25) is 5.91 Å². The molecule has 1 fully saturated rings. The number of carbonyl (C=O) groups is 2. The van der Waals surface area contributed by atoms with Crippen LogP contribution in [0.4, 0.5) is 4.79 Å². The first-order chi connectivity index (χ1) is 24.3. The normalized spacial score (nSPS) is 18.0. The number of ether oxygens (including phenoxy) is 2. The quantitative estimate of drug-likeness (QED) is 0.100. The number of aliphatic hydroxyl groups excluding tert-OH is 1. The van der Waals surface area contributed by atoms with E-state index in [2.05, 4.69) is 97.4 Å². The first kappa shape index (κ1) is 47.0. The molecule has 9 nitrogen and oxygen atoms in total. The van der Waals surface area contributed by atoms with Crippen molar-refractivity contribution in [3.63, 3.8) is 0 Å². The van der Waals surface area contributed by atoms with Gasteiger partial charge in [-0.05, 0) is 113 Å². The summed E-state index contributed by atoms with van der Waals surface area (Å²) in [6.07, 6.45) is 8.05. The Morgan fingerprint density at radius 3 is 1.94 bits per heavy atom. The highest BCUT2D eigenvalue weighted by Gasteiger charge is 2.50. The third kappa shape index (κ3) is 15.1. The van der Waals surface area contributed by atoms with Crippen LogP contribution >= 0.6 is 0 Å². The smallest absolute Gasteiger partial charge is 0.408 e. The maximum absolute atomic E-state index is 14.4. The van der Waals surface area contributed by atoms with Gasteiger partial charge < -0.3 is 34.1 Å². The van der Waals surface area contributed by atoms with Crippen LogP contribution in [0.1, 0.15) is 126 Å². The summed E-state index contributed by atoms with van der Waals surface area (Å²) in [6.45, 7) is 28.9. The zero-order valence-electron chi connectivity index (χ0n) is 36.0. The lowest BCUT2D eigenvalue weighted by Gasteiger charge is -2.46. The van der Waals surface area contributed by atoms with Crippen molar-refractivity contribution in [3.05, 3.63) is 35.9 Å². The minimum Gasteiger partial charge on any atom is -0.497 e. The highest BCUT2D eigenvalue weighted by Crippen LogP contribution is 2.41. The monoisotopic (exact) mass is 777 g/mol. The van der Waals surface area contributed by atoms with Crippen molar-refractivity contribution in [2.24, 2.45) is 5.92 Å². The Balaban J connectivity index is 2.49. The molecule has 5 atom stereocenters. The van der Waals surface area contributed by atoms with E-state index >= 15 is 0 Å². The summed E-state index contributed by atoms with van der Waals surface area (Å²) in [6, 6.07) is 6.91. The standard InChI is InChI=1S/C42H76N2O7Si2/c1-30(22-18-16-17-19-23-31-26-28-33(48-11)29-27-31)36(50-52(12,13)41(5,6)7)35(45)34(44-39(47)49-40(2,3)4)37(51-53(14,15)42(8,9)10)38(46)43-32-24-20-21-25-32/h19,23,26-30,32,34-37,45H,16-18,20-22,24-25H2,1-15H3,(H,43,46)(H,44,47)/b23-19+/t30-,34+,35-,36-,37-/m0/s1. The third-order valence-electron chi connectivity index (χ3n) is 11.4. The van der Waals surface area contributed by atoms with Crippen molar-refractivity contribution in [1.29, 1.82) is 0 Å². The lowest BCUT2D eigenvalue weighted by atomic mass is 9.88. The van der Waals surface area contributed by atoms with Crippen LogP contribution in [-0.4, -0.2) is 76.8 Å². The van der Waals surface area contributed by atoms with Crippen LogP contribution in [-0.2, 0) is 18.4 Å². The van der Waals surface area contributed by atoms with E-state index in [1.807, 2.05) is 24.3 Å². The zero-order chi connectivity index (χ0) is 40.4. The van der Waals surface area contributed by atoms with Crippen LogP contribution in [0.3, 0.4) is 0 Å². The number of benzene rings is 1. The number of nitrogens with one attached hydrogen (secondary N) is 2. The van der Waals surface area contributed by atoms with Crippen molar-refractivity contribution < 1.29 is 33.0 Å². The van der Waals surface area contributed by atoms with E-state index in [9.17, 15) is 14.7 Å². The van der Waals surface area contributed by atoms with Gasteiger partial charge >= 0.3 is 6.09 Å². The van der Waals surface area contributed by atoms with Crippen LogP contribution < -0.4 is 15.4 Å². The van der Waals surface area contributed by atoms with Crippen molar-refractivity contribution >= 4 is 34.7 Å². The average Bonchev–Trinajstić information content (AvgIpc) is 3.54. The maximum Gasteiger partial charge on any atom is 0.408 e. The van der Waals surface area contributed by atoms with Gasteiger partial charge in [0.25, 0.3) is 0 Å². The number of allylic oxidation sites excluding steroid dienone is 1. The van der Waals surface area contributed by atoms with Gasteiger partial charge in [-0.25, -0.2) is 4.79 Å². The summed E-state index contributed by atoms with van der Waals surface area (Å²) >= 11 is 0. The molecular weight excluding hydrogens is 701 g/mol. The molecule has 0 saturated heterocycles. The number of hydrogen-bond donors (Lipinski definition) is 3. The number of alkyl carbamates (subject to hydrolysis) is 1. The summed E-state index contributed by atoms with van der Waals surface area (Å²) in [4.78, 5) is 28.0. The minimum atomic E-state index is -2.60. The number of carbonyl (C=O) groups excluding carboxylic acids is 2. The van der Waals surface area contributed by atoms with Gasteiger partial charge in [0.05, 0.1) is 19.3 Å². The molecule has 1 aliphatic carbocycles. The number of aliphatic hydroxyl groups is 1. The molecule has 0 radical (unpaired) electrons. The average molecular weight is 777 g/mol. The molecule has 0 aromatic heterocycles. The fourth-order valence-corrected chi connectivity index (χ4v) is 8.64. The fraction of sp³-hybridized carbons (Fsp3) is 0.762. The SMILES string of the molecule is COc1ccc(/C=C/CCCC[C@H](C)[C@H](O[Si](C)(C)C(C)(C)C)[C@@H](O)[C@@H](NC(=O)OC(C)(C)C)[C@H](O[Si](C)(C)C(C)(C)C)C(=O)NC2CCCC2)cc1. The van der Waals surface area contributed by atoms with E-state index in [0.29, 0.717) is 0 Å². The molecule has 11 heteroatoms. The molecule has 53 heavy (non-hydrogen) atoms. The van der Waals surface area contributed by atoms with Crippen LogP contribution in [0, 0.1) is 5.92 Å². The minimum absolute atomic E-state index is 0.0318. The molecule has 0 unspecified atom stereocenters. The molecule has 1 aromatic carbocycles. The van der Waals surface area contributed by atoms with Crippen molar-refractivity contribution in [1.82, 2.24) is 10.6 Å². The predicted molar refractivity (Wildman–Crippen MR) is 223 cm³/mol. The Kier molecular flexibility index (Phi) is 17.4. The summed E-state index contributed by atoms with van der Waals surface area (Å²) in [5.74, 6) is 0.437. The van der Waals surface area contributed by atoms with Gasteiger partial charge in [-0.15, -0.1) is 0 Å². The molecular formula is C42H76N2O7Si2. The highest BCUT2D eigenvalue weighted by atomic mass is 28.4. The van der Waals surface area contributed by atoms with Crippen molar-refractivity contribution in [2.75, 3.05) is 7.11 Å². The molecule has 1 saturated carbocycles. The van der Waals surface area contributed by atoms with Gasteiger partial charge in [-0.2, -0.15) is 0 Å². The number of hydrogen-bond acceptors (Lipinski definition) is 7. The van der Waals surface area contributed by atoms with Gasteiger partial charge in [-0.1, -0.05) is 92.0 Å².